The molecule has 4 nitrogen and oxygen atoms in total. The van der Waals surface area contributed by atoms with Crippen LogP contribution in [0.1, 0.15) is 35.3 Å². The van der Waals surface area contributed by atoms with Gasteiger partial charge < -0.3 is 9.67 Å². The highest BCUT2D eigenvalue weighted by Crippen LogP contribution is 2.38. The van der Waals surface area contributed by atoms with E-state index in [1.807, 2.05) is 11.5 Å². The van der Waals surface area contributed by atoms with Crippen LogP contribution in [0.5, 0.6) is 0 Å². The molecule has 0 bridgehead atoms. The maximum Gasteiger partial charge on any atom is 0.341 e. The van der Waals surface area contributed by atoms with Crippen LogP contribution < -0.4 is 5.43 Å². The fraction of sp³-hybridized carbons (Fsp3) is 0.286. The minimum absolute atomic E-state index is 0.112. The third-order valence-electron chi connectivity index (χ3n) is 3.82. The van der Waals surface area contributed by atoms with Gasteiger partial charge >= 0.3 is 5.97 Å². The number of aryl methyl sites for hydroxylation is 1. The van der Waals surface area contributed by atoms with Crippen LogP contribution >= 0.6 is 23.2 Å². The number of pyridine rings is 1. The summed E-state index contributed by atoms with van der Waals surface area (Å²) >= 11 is 12.3. The zero-order chi connectivity index (χ0) is 14.6. The highest BCUT2D eigenvalue weighted by Gasteiger charge is 2.25. The number of rotatable bonds is 1. The molecule has 1 unspecified atom stereocenters. The van der Waals surface area contributed by atoms with Crippen molar-refractivity contribution in [2.75, 3.05) is 0 Å². The molecule has 0 aliphatic carbocycles. The van der Waals surface area contributed by atoms with E-state index < -0.39 is 11.4 Å². The molecule has 1 aliphatic rings. The Morgan fingerprint density at radius 3 is 2.80 bits per heavy atom. The highest BCUT2D eigenvalue weighted by molar-refractivity contribution is 6.43. The summed E-state index contributed by atoms with van der Waals surface area (Å²) in [4.78, 5) is 23.5. The van der Waals surface area contributed by atoms with Crippen molar-refractivity contribution in [3.8, 4) is 0 Å². The molecule has 1 aromatic heterocycles. The first-order valence-corrected chi connectivity index (χ1v) is 6.96. The number of carboxylic acid groups (broad SMARTS) is 1. The molecule has 0 fully saturated rings. The number of aromatic carboxylic acids is 1. The molecule has 6 heteroatoms. The highest BCUT2D eigenvalue weighted by atomic mass is 35.5. The van der Waals surface area contributed by atoms with E-state index in [-0.39, 0.29) is 16.6 Å². The van der Waals surface area contributed by atoms with Gasteiger partial charge in [0.1, 0.15) is 5.56 Å². The number of nitrogens with zero attached hydrogens (tertiary/aromatic N) is 1. The number of carboxylic acids is 1. The number of hydrogen-bond acceptors (Lipinski definition) is 2. The van der Waals surface area contributed by atoms with Crippen LogP contribution in [0.15, 0.2) is 17.1 Å². The quantitative estimate of drug-likeness (QED) is 0.876. The fourth-order valence-corrected chi connectivity index (χ4v) is 3.23. The molecular formula is C14H11Cl2NO3. The first-order valence-electron chi connectivity index (χ1n) is 6.21. The lowest BCUT2D eigenvalue weighted by molar-refractivity contribution is 0.0694. The van der Waals surface area contributed by atoms with Gasteiger partial charge in [-0.25, -0.2) is 4.79 Å². The third kappa shape index (κ3) is 1.75. The van der Waals surface area contributed by atoms with E-state index >= 15 is 0 Å². The Kier molecular flexibility index (Phi) is 3.03. The van der Waals surface area contributed by atoms with Gasteiger partial charge in [0, 0.05) is 17.6 Å². The second-order valence-corrected chi connectivity index (χ2v) is 5.80. The van der Waals surface area contributed by atoms with Crippen molar-refractivity contribution in [2.45, 2.75) is 25.8 Å². The van der Waals surface area contributed by atoms with E-state index in [1.54, 1.807) is 0 Å². The van der Waals surface area contributed by atoms with Crippen LogP contribution in [0.3, 0.4) is 0 Å². The van der Waals surface area contributed by atoms with Crippen LogP contribution in [0.4, 0.5) is 0 Å². The molecule has 0 saturated carbocycles. The van der Waals surface area contributed by atoms with E-state index in [4.69, 9.17) is 23.2 Å². The predicted molar refractivity (Wildman–Crippen MR) is 78.2 cm³/mol. The summed E-state index contributed by atoms with van der Waals surface area (Å²) in [5.41, 5.74) is 0.766. The van der Waals surface area contributed by atoms with Crippen molar-refractivity contribution in [3.63, 3.8) is 0 Å². The van der Waals surface area contributed by atoms with Gasteiger partial charge in [0.15, 0.2) is 0 Å². The Hall–Kier alpha value is -1.52. The van der Waals surface area contributed by atoms with Crippen molar-refractivity contribution in [1.29, 1.82) is 0 Å². The van der Waals surface area contributed by atoms with Gasteiger partial charge in [-0.1, -0.05) is 23.2 Å². The summed E-state index contributed by atoms with van der Waals surface area (Å²) < 4.78 is 1.82. The molecule has 0 radical (unpaired) electrons. The summed E-state index contributed by atoms with van der Waals surface area (Å²) in [7, 11) is 0. The standard InChI is InChI=1S/C14H11Cl2NO3/c1-6-2-3-7-11(16)10(15)4-8-12(7)17(6)5-9(13(8)18)14(19)20/h4-6H,2-3H2,1H3,(H,19,20). The second kappa shape index (κ2) is 4.50. The average Bonchev–Trinajstić information content (AvgIpc) is 2.39. The summed E-state index contributed by atoms with van der Waals surface area (Å²) in [6.45, 7) is 1.99. The number of hydrogen-bond donors (Lipinski definition) is 1. The van der Waals surface area contributed by atoms with Gasteiger partial charge in [0.2, 0.25) is 5.43 Å². The molecule has 3 rings (SSSR count). The summed E-state index contributed by atoms with van der Waals surface area (Å²) in [5, 5.41) is 10.2. The topological polar surface area (TPSA) is 59.3 Å². The average molecular weight is 312 g/mol. The van der Waals surface area contributed by atoms with Crippen LogP contribution in [-0.2, 0) is 6.42 Å². The van der Waals surface area contributed by atoms with Gasteiger partial charge in [-0.2, -0.15) is 0 Å². The Balaban J connectivity index is 2.57. The van der Waals surface area contributed by atoms with Gasteiger partial charge in [-0.05, 0) is 31.4 Å². The molecule has 2 heterocycles. The number of halogens is 2. The molecule has 104 valence electrons. The molecule has 1 atom stereocenters. The number of carbonyl (C=O) groups is 1. The van der Waals surface area contributed by atoms with E-state index in [2.05, 4.69) is 0 Å². The van der Waals surface area contributed by atoms with E-state index in [9.17, 15) is 14.7 Å². The minimum atomic E-state index is -1.23. The van der Waals surface area contributed by atoms with Crippen molar-refractivity contribution >= 4 is 40.1 Å². The van der Waals surface area contributed by atoms with Crippen LogP contribution in [0.2, 0.25) is 10.0 Å². The summed E-state index contributed by atoms with van der Waals surface area (Å²) in [6, 6.07) is 1.58. The Morgan fingerprint density at radius 1 is 1.45 bits per heavy atom. The van der Waals surface area contributed by atoms with Crippen molar-refractivity contribution in [1.82, 2.24) is 4.57 Å². The Morgan fingerprint density at radius 2 is 2.15 bits per heavy atom. The zero-order valence-electron chi connectivity index (χ0n) is 10.6. The largest absolute Gasteiger partial charge is 0.477 e. The molecule has 2 aromatic rings. The summed E-state index contributed by atoms with van der Waals surface area (Å²) in [6.07, 6.45) is 2.96. The lowest BCUT2D eigenvalue weighted by atomic mass is 9.96. The molecule has 1 aliphatic heterocycles. The van der Waals surface area contributed by atoms with Crippen LogP contribution in [0, 0.1) is 0 Å². The van der Waals surface area contributed by atoms with Crippen molar-refractivity contribution in [3.05, 3.63) is 43.7 Å². The monoisotopic (exact) mass is 311 g/mol. The molecule has 1 aromatic carbocycles. The van der Waals surface area contributed by atoms with Gasteiger partial charge in [-0.15, -0.1) is 0 Å². The van der Waals surface area contributed by atoms with Gasteiger partial charge in [-0.3, -0.25) is 4.79 Å². The zero-order valence-corrected chi connectivity index (χ0v) is 12.1. The smallest absolute Gasteiger partial charge is 0.341 e. The van der Waals surface area contributed by atoms with Crippen molar-refractivity contribution < 1.29 is 9.90 Å². The predicted octanol–water partition coefficient (Wildman–Crippen LogP) is 3.51. The van der Waals surface area contributed by atoms with E-state index in [0.29, 0.717) is 15.9 Å². The third-order valence-corrected chi connectivity index (χ3v) is 4.65. The second-order valence-electron chi connectivity index (χ2n) is 5.02. The van der Waals surface area contributed by atoms with Crippen LogP contribution in [-0.4, -0.2) is 15.6 Å². The number of aromatic nitrogens is 1. The van der Waals surface area contributed by atoms with Gasteiger partial charge in [0.05, 0.1) is 15.6 Å². The lowest BCUT2D eigenvalue weighted by Crippen LogP contribution is -2.24. The molecule has 0 saturated heterocycles. The van der Waals surface area contributed by atoms with E-state index in [1.165, 1.54) is 12.3 Å². The van der Waals surface area contributed by atoms with Crippen molar-refractivity contribution in [2.24, 2.45) is 0 Å². The molecule has 0 spiro atoms. The SMILES string of the molecule is CC1CCc2c(Cl)c(Cl)cc3c(=O)c(C(=O)O)cn1c23. The molecule has 1 N–H and O–H groups in total. The number of benzene rings is 1. The normalized spacial score (nSPS) is 17.4. The maximum atomic E-state index is 12.3. The Labute approximate surface area is 124 Å². The lowest BCUT2D eigenvalue weighted by Gasteiger charge is -2.27. The maximum absolute atomic E-state index is 12.3. The van der Waals surface area contributed by atoms with Gasteiger partial charge in [0.25, 0.3) is 0 Å². The first-order chi connectivity index (χ1) is 9.41. The molecule has 0 amide bonds. The van der Waals surface area contributed by atoms with E-state index in [0.717, 1.165) is 18.4 Å². The fourth-order valence-electron chi connectivity index (χ4n) is 2.76. The minimum Gasteiger partial charge on any atom is -0.477 e. The van der Waals surface area contributed by atoms with Crippen LogP contribution in [0.25, 0.3) is 10.9 Å². The summed E-state index contributed by atoms with van der Waals surface area (Å²) in [5.74, 6) is -1.23. The molecular weight excluding hydrogens is 301 g/mol. The molecule has 20 heavy (non-hydrogen) atoms. The Bertz CT molecular complexity index is 810. The first kappa shape index (κ1) is 13.5.